The van der Waals surface area contributed by atoms with Crippen LogP contribution in [0.2, 0.25) is 0 Å². The van der Waals surface area contributed by atoms with E-state index >= 15 is 0 Å². The number of rotatable bonds is 9. The molecule has 0 aliphatic heterocycles. The van der Waals surface area contributed by atoms with Gasteiger partial charge in [-0.1, -0.05) is 30.3 Å². The number of primary amides is 1. The molecule has 1 amide bonds. The fourth-order valence-electron chi connectivity index (χ4n) is 1.98. The Kier molecular flexibility index (Phi) is 6.45. The van der Waals surface area contributed by atoms with Crippen LogP contribution >= 0.6 is 0 Å². The predicted octanol–water partition coefficient (Wildman–Crippen LogP) is 3.16. The molecule has 0 spiro atoms. The summed E-state index contributed by atoms with van der Waals surface area (Å²) >= 11 is 0. The van der Waals surface area contributed by atoms with Crippen molar-refractivity contribution in [3.05, 3.63) is 65.7 Å². The van der Waals surface area contributed by atoms with Crippen molar-refractivity contribution in [2.75, 3.05) is 13.2 Å². The Balaban J connectivity index is 1.55. The lowest BCUT2D eigenvalue weighted by molar-refractivity contribution is 0.1000. The minimum atomic E-state index is -0.429. The number of amides is 1. The highest BCUT2D eigenvalue weighted by molar-refractivity contribution is 5.92. The van der Waals surface area contributed by atoms with Crippen LogP contribution in [0.1, 0.15) is 28.8 Å². The quantitative estimate of drug-likeness (QED) is 0.723. The molecule has 4 nitrogen and oxygen atoms in total. The highest BCUT2D eigenvalue weighted by Gasteiger charge is 2.00. The van der Waals surface area contributed by atoms with E-state index in [1.54, 1.807) is 24.3 Å². The van der Waals surface area contributed by atoms with E-state index in [0.717, 1.165) is 25.2 Å². The van der Waals surface area contributed by atoms with Crippen molar-refractivity contribution in [3.8, 4) is 5.75 Å². The maximum absolute atomic E-state index is 10.9. The Morgan fingerprint density at radius 2 is 1.59 bits per heavy atom. The van der Waals surface area contributed by atoms with Gasteiger partial charge in [0.2, 0.25) is 5.91 Å². The van der Waals surface area contributed by atoms with Crippen molar-refractivity contribution in [3.63, 3.8) is 0 Å². The van der Waals surface area contributed by atoms with Crippen LogP contribution in [0.4, 0.5) is 0 Å². The van der Waals surface area contributed by atoms with Gasteiger partial charge in [-0.05, 0) is 42.7 Å². The zero-order valence-electron chi connectivity index (χ0n) is 12.5. The number of carbonyl (C=O) groups is 1. The number of benzene rings is 2. The van der Waals surface area contributed by atoms with E-state index in [1.807, 2.05) is 18.2 Å². The van der Waals surface area contributed by atoms with Crippen molar-refractivity contribution in [1.29, 1.82) is 0 Å². The standard InChI is InChI=1S/C18H21NO3/c19-18(20)16-8-10-17(11-9-16)22-13-5-4-12-21-14-15-6-2-1-3-7-15/h1-3,6-11H,4-5,12-14H2,(H2,19,20). The van der Waals surface area contributed by atoms with Crippen molar-refractivity contribution in [1.82, 2.24) is 0 Å². The molecule has 0 atom stereocenters. The molecule has 0 saturated carbocycles. The first-order valence-corrected chi connectivity index (χ1v) is 7.40. The monoisotopic (exact) mass is 299 g/mol. The molecule has 0 saturated heterocycles. The summed E-state index contributed by atoms with van der Waals surface area (Å²) in [7, 11) is 0. The molecule has 0 aliphatic rings. The Morgan fingerprint density at radius 3 is 2.27 bits per heavy atom. The molecule has 0 aliphatic carbocycles. The van der Waals surface area contributed by atoms with Gasteiger partial charge in [0, 0.05) is 12.2 Å². The van der Waals surface area contributed by atoms with Gasteiger partial charge in [-0.2, -0.15) is 0 Å². The average Bonchev–Trinajstić information content (AvgIpc) is 2.55. The number of hydrogen-bond donors (Lipinski definition) is 1. The van der Waals surface area contributed by atoms with Crippen LogP contribution in [0.3, 0.4) is 0 Å². The van der Waals surface area contributed by atoms with E-state index in [9.17, 15) is 4.79 Å². The number of hydrogen-bond acceptors (Lipinski definition) is 3. The van der Waals surface area contributed by atoms with E-state index in [2.05, 4.69) is 12.1 Å². The fourth-order valence-corrected chi connectivity index (χ4v) is 1.98. The van der Waals surface area contributed by atoms with Crippen LogP contribution in [-0.2, 0) is 11.3 Å². The summed E-state index contributed by atoms with van der Waals surface area (Å²) in [6, 6.07) is 17.0. The van der Waals surface area contributed by atoms with Crippen LogP contribution in [0.5, 0.6) is 5.75 Å². The summed E-state index contributed by atoms with van der Waals surface area (Å²) in [6.07, 6.45) is 1.87. The normalized spacial score (nSPS) is 10.4. The summed E-state index contributed by atoms with van der Waals surface area (Å²) in [4.78, 5) is 10.9. The average molecular weight is 299 g/mol. The van der Waals surface area contributed by atoms with E-state index < -0.39 is 5.91 Å². The highest BCUT2D eigenvalue weighted by Crippen LogP contribution is 2.12. The maximum Gasteiger partial charge on any atom is 0.248 e. The predicted molar refractivity (Wildman–Crippen MR) is 85.8 cm³/mol. The molecule has 0 heterocycles. The molecule has 4 heteroatoms. The van der Waals surface area contributed by atoms with Crippen LogP contribution in [0, 0.1) is 0 Å². The molecule has 2 rings (SSSR count). The molecule has 2 N–H and O–H groups in total. The maximum atomic E-state index is 10.9. The van der Waals surface area contributed by atoms with Gasteiger partial charge in [0.05, 0.1) is 13.2 Å². The lowest BCUT2D eigenvalue weighted by atomic mass is 10.2. The molecule has 0 unspecified atom stereocenters. The summed E-state index contributed by atoms with van der Waals surface area (Å²) in [5.74, 6) is 0.317. The Labute approximate surface area is 130 Å². The second-order valence-electron chi connectivity index (χ2n) is 4.98. The molecule has 22 heavy (non-hydrogen) atoms. The fraction of sp³-hybridized carbons (Fsp3) is 0.278. The third-order valence-electron chi connectivity index (χ3n) is 3.20. The van der Waals surface area contributed by atoms with Gasteiger partial charge in [0.15, 0.2) is 0 Å². The van der Waals surface area contributed by atoms with Crippen LogP contribution in [0.25, 0.3) is 0 Å². The van der Waals surface area contributed by atoms with E-state index in [0.29, 0.717) is 18.8 Å². The Morgan fingerprint density at radius 1 is 0.909 bits per heavy atom. The minimum absolute atomic E-state index is 0.429. The van der Waals surface area contributed by atoms with Gasteiger partial charge in [0.1, 0.15) is 5.75 Å². The third kappa shape index (κ3) is 5.58. The molecule has 0 aromatic heterocycles. The minimum Gasteiger partial charge on any atom is -0.494 e. The van der Waals surface area contributed by atoms with Crippen molar-refractivity contribution in [2.45, 2.75) is 19.4 Å². The second kappa shape index (κ2) is 8.85. The summed E-state index contributed by atoms with van der Waals surface area (Å²) in [5.41, 5.74) is 6.86. The second-order valence-corrected chi connectivity index (χ2v) is 4.98. The van der Waals surface area contributed by atoms with E-state index in [1.165, 1.54) is 5.56 Å². The summed E-state index contributed by atoms with van der Waals surface area (Å²) in [5, 5.41) is 0. The molecule has 0 radical (unpaired) electrons. The van der Waals surface area contributed by atoms with Gasteiger partial charge in [-0.3, -0.25) is 4.79 Å². The number of ether oxygens (including phenoxy) is 2. The molecular weight excluding hydrogens is 278 g/mol. The van der Waals surface area contributed by atoms with Crippen molar-refractivity contribution >= 4 is 5.91 Å². The topological polar surface area (TPSA) is 61.6 Å². The Bertz CT molecular complexity index is 567. The zero-order chi connectivity index (χ0) is 15.6. The molecule has 116 valence electrons. The lowest BCUT2D eigenvalue weighted by Gasteiger charge is -2.07. The van der Waals surface area contributed by atoms with Gasteiger partial charge in [0.25, 0.3) is 0 Å². The van der Waals surface area contributed by atoms with Crippen LogP contribution < -0.4 is 10.5 Å². The number of unbranched alkanes of at least 4 members (excludes halogenated alkanes) is 1. The lowest BCUT2D eigenvalue weighted by Crippen LogP contribution is -2.10. The first-order valence-electron chi connectivity index (χ1n) is 7.40. The van der Waals surface area contributed by atoms with E-state index in [4.69, 9.17) is 15.2 Å². The summed E-state index contributed by atoms with van der Waals surface area (Å²) < 4.78 is 11.2. The van der Waals surface area contributed by atoms with E-state index in [-0.39, 0.29) is 0 Å². The molecule has 2 aromatic carbocycles. The number of carbonyl (C=O) groups excluding carboxylic acids is 1. The molecule has 0 bridgehead atoms. The van der Waals surface area contributed by atoms with Crippen molar-refractivity contribution in [2.24, 2.45) is 5.73 Å². The first kappa shape index (κ1) is 16.0. The van der Waals surface area contributed by atoms with Crippen molar-refractivity contribution < 1.29 is 14.3 Å². The van der Waals surface area contributed by atoms with Gasteiger partial charge in [-0.15, -0.1) is 0 Å². The molecule has 2 aromatic rings. The number of nitrogens with two attached hydrogens (primary N) is 1. The van der Waals surface area contributed by atoms with Crippen LogP contribution in [0.15, 0.2) is 54.6 Å². The molecule has 0 fully saturated rings. The summed E-state index contributed by atoms with van der Waals surface area (Å²) in [6.45, 7) is 2.00. The van der Waals surface area contributed by atoms with Gasteiger partial charge < -0.3 is 15.2 Å². The van der Waals surface area contributed by atoms with Crippen LogP contribution in [-0.4, -0.2) is 19.1 Å². The Hall–Kier alpha value is -2.33. The third-order valence-corrected chi connectivity index (χ3v) is 3.20. The van der Waals surface area contributed by atoms with Gasteiger partial charge in [-0.25, -0.2) is 0 Å². The van der Waals surface area contributed by atoms with Gasteiger partial charge >= 0.3 is 0 Å². The largest absolute Gasteiger partial charge is 0.494 e. The SMILES string of the molecule is NC(=O)c1ccc(OCCCCOCc2ccccc2)cc1. The molecular formula is C18H21NO3. The smallest absolute Gasteiger partial charge is 0.248 e. The zero-order valence-corrected chi connectivity index (χ0v) is 12.5. The highest BCUT2D eigenvalue weighted by atomic mass is 16.5. The first-order chi connectivity index (χ1) is 10.8.